The fourth-order valence-corrected chi connectivity index (χ4v) is 2.79. The van der Waals surface area contributed by atoms with E-state index in [0.29, 0.717) is 12.4 Å². The van der Waals surface area contributed by atoms with Gasteiger partial charge in [-0.2, -0.15) is 5.10 Å². The minimum atomic E-state index is -0.0361. The summed E-state index contributed by atoms with van der Waals surface area (Å²) in [5.74, 6) is 1.47. The Morgan fingerprint density at radius 2 is 1.96 bits per heavy atom. The van der Waals surface area contributed by atoms with Crippen LogP contribution in [0.2, 0.25) is 0 Å². The van der Waals surface area contributed by atoms with Gasteiger partial charge in [0.1, 0.15) is 18.2 Å². The predicted molar refractivity (Wildman–Crippen MR) is 99.4 cm³/mol. The summed E-state index contributed by atoms with van der Waals surface area (Å²) in [7, 11) is 0. The van der Waals surface area contributed by atoms with Gasteiger partial charge in [0.05, 0.1) is 24.6 Å². The summed E-state index contributed by atoms with van der Waals surface area (Å²) in [5, 5.41) is 4.66. The van der Waals surface area contributed by atoms with Crippen molar-refractivity contribution in [2.75, 3.05) is 45.2 Å². The molecule has 0 bridgehead atoms. The lowest BCUT2D eigenvalue weighted by Crippen LogP contribution is -2.38. The second-order valence-corrected chi connectivity index (χ2v) is 7.42. The van der Waals surface area contributed by atoms with E-state index in [1.54, 1.807) is 4.68 Å². The van der Waals surface area contributed by atoms with Crippen LogP contribution < -0.4 is 10.5 Å². The van der Waals surface area contributed by atoms with E-state index < -0.39 is 0 Å². The van der Waals surface area contributed by atoms with Crippen LogP contribution in [0.15, 0.2) is 30.3 Å². The van der Waals surface area contributed by atoms with Crippen molar-refractivity contribution in [3.8, 4) is 11.4 Å². The van der Waals surface area contributed by atoms with Crippen molar-refractivity contribution in [2.45, 2.75) is 26.2 Å². The molecule has 25 heavy (non-hydrogen) atoms. The summed E-state index contributed by atoms with van der Waals surface area (Å²) in [5.41, 5.74) is 8.01. The monoisotopic (exact) mass is 344 g/mol. The van der Waals surface area contributed by atoms with E-state index in [-0.39, 0.29) is 5.41 Å². The quantitative estimate of drug-likeness (QED) is 0.902. The molecule has 1 aromatic carbocycles. The lowest BCUT2D eigenvalue weighted by atomic mass is 9.92. The molecular formula is C19H28N4O2. The SMILES string of the molecule is CC(C)(C)c1cc(N)n(-c2cccc(OCCN3CCOCC3)c2)n1. The number of nitrogen functional groups attached to an aromatic ring is 1. The van der Waals surface area contributed by atoms with Gasteiger partial charge in [-0.05, 0) is 12.1 Å². The van der Waals surface area contributed by atoms with Crippen molar-refractivity contribution < 1.29 is 9.47 Å². The van der Waals surface area contributed by atoms with Crippen LogP contribution in [-0.4, -0.2) is 54.1 Å². The number of ether oxygens (including phenoxy) is 2. The second-order valence-electron chi connectivity index (χ2n) is 7.42. The van der Waals surface area contributed by atoms with Crippen molar-refractivity contribution >= 4 is 5.82 Å². The number of hydrogen-bond donors (Lipinski definition) is 1. The number of morpholine rings is 1. The predicted octanol–water partition coefficient (Wildman–Crippen LogP) is 2.46. The van der Waals surface area contributed by atoms with E-state index in [4.69, 9.17) is 15.2 Å². The maximum Gasteiger partial charge on any atom is 0.127 e. The van der Waals surface area contributed by atoms with Crippen molar-refractivity contribution in [1.29, 1.82) is 0 Å². The van der Waals surface area contributed by atoms with E-state index in [0.717, 1.165) is 50.0 Å². The Bertz CT molecular complexity index is 700. The molecule has 0 unspecified atom stereocenters. The van der Waals surface area contributed by atoms with Gasteiger partial charge in [-0.25, -0.2) is 4.68 Å². The lowest BCUT2D eigenvalue weighted by molar-refractivity contribution is 0.0322. The Hall–Kier alpha value is -2.05. The van der Waals surface area contributed by atoms with E-state index in [2.05, 4.69) is 30.8 Å². The van der Waals surface area contributed by atoms with E-state index in [9.17, 15) is 0 Å². The number of rotatable bonds is 5. The summed E-state index contributed by atoms with van der Waals surface area (Å²) in [4.78, 5) is 2.36. The lowest BCUT2D eigenvalue weighted by Gasteiger charge is -2.26. The summed E-state index contributed by atoms with van der Waals surface area (Å²) in [6.45, 7) is 11.5. The Balaban J connectivity index is 1.66. The molecule has 2 N–H and O–H groups in total. The molecule has 0 aliphatic carbocycles. The van der Waals surface area contributed by atoms with Gasteiger partial charge in [-0.3, -0.25) is 4.90 Å². The summed E-state index contributed by atoms with van der Waals surface area (Å²) in [6, 6.07) is 9.84. The molecule has 2 aromatic rings. The van der Waals surface area contributed by atoms with Gasteiger partial charge in [0.15, 0.2) is 0 Å². The highest BCUT2D eigenvalue weighted by atomic mass is 16.5. The average Bonchev–Trinajstić information content (AvgIpc) is 2.98. The highest BCUT2D eigenvalue weighted by Crippen LogP contribution is 2.26. The molecule has 0 spiro atoms. The molecule has 6 nitrogen and oxygen atoms in total. The van der Waals surface area contributed by atoms with E-state index in [1.807, 2.05) is 30.3 Å². The Morgan fingerprint density at radius 3 is 2.64 bits per heavy atom. The van der Waals surface area contributed by atoms with Gasteiger partial charge < -0.3 is 15.2 Å². The van der Waals surface area contributed by atoms with Crippen LogP contribution in [0.5, 0.6) is 5.75 Å². The van der Waals surface area contributed by atoms with Crippen LogP contribution in [0.25, 0.3) is 5.69 Å². The molecule has 1 saturated heterocycles. The average molecular weight is 344 g/mol. The Labute approximate surface area is 149 Å². The van der Waals surface area contributed by atoms with Crippen molar-refractivity contribution in [3.05, 3.63) is 36.0 Å². The maximum atomic E-state index is 6.16. The van der Waals surface area contributed by atoms with Gasteiger partial charge in [0, 0.05) is 37.2 Å². The van der Waals surface area contributed by atoms with Gasteiger partial charge in [0.25, 0.3) is 0 Å². The molecule has 6 heteroatoms. The normalized spacial score (nSPS) is 16.1. The molecule has 3 rings (SSSR count). The zero-order valence-electron chi connectivity index (χ0n) is 15.4. The third-order valence-electron chi connectivity index (χ3n) is 4.35. The number of benzene rings is 1. The molecule has 0 atom stereocenters. The van der Waals surface area contributed by atoms with Crippen LogP contribution in [-0.2, 0) is 10.2 Å². The number of aromatic nitrogens is 2. The number of nitrogens with zero attached hydrogens (tertiary/aromatic N) is 3. The molecule has 0 radical (unpaired) electrons. The van der Waals surface area contributed by atoms with E-state index >= 15 is 0 Å². The first-order valence-electron chi connectivity index (χ1n) is 8.83. The molecule has 136 valence electrons. The zero-order valence-corrected chi connectivity index (χ0v) is 15.4. The molecule has 1 aromatic heterocycles. The standard InChI is InChI=1S/C19H28N4O2/c1-19(2,3)17-14-18(20)23(21-17)15-5-4-6-16(13-15)25-12-9-22-7-10-24-11-8-22/h4-6,13-14H,7-12,20H2,1-3H3. The van der Waals surface area contributed by atoms with Crippen LogP contribution in [0.1, 0.15) is 26.5 Å². The van der Waals surface area contributed by atoms with Crippen LogP contribution in [0.3, 0.4) is 0 Å². The van der Waals surface area contributed by atoms with Crippen LogP contribution in [0, 0.1) is 0 Å². The topological polar surface area (TPSA) is 65.5 Å². The molecule has 0 saturated carbocycles. The molecule has 1 aliphatic rings. The van der Waals surface area contributed by atoms with Crippen LogP contribution in [0.4, 0.5) is 5.82 Å². The first-order chi connectivity index (χ1) is 11.9. The van der Waals surface area contributed by atoms with E-state index in [1.165, 1.54) is 0 Å². The number of nitrogens with two attached hydrogens (primary N) is 1. The summed E-state index contributed by atoms with van der Waals surface area (Å²) in [6.07, 6.45) is 0. The van der Waals surface area contributed by atoms with Gasteiger partial charge in [-0.15, -0.1) is 0 Å². The first kappa shape index (κ1) is 17.8. The van der Waals surface area contributed by atoms with Crippen molar-refractivity contribution in [2.24, 2.45) is 0 Å². The Kier molecular flexibility index (Phi) is 5.30. The first-order valence-corrected chi connectivity index (χ1v) is 8.83. The molecule has 2 heterocycles. The fraction of sp³-hybridized carbons (Fsp3) is 0.526. The zero-order chi connectivity index (χ0) is 17.9. The third-order valence-corrected chi connectivity index (χ3v) is 4.35. The van der Waals surface area contributed by atoms with Crippen LogP contribution >= 0.6 is 0 Å². The highest BCUT2D eigenvalue weighted by molar-refractivity contribution is 5.46. The second kappa shape index (κ2) is 7.45. The number of hydrogen-bond acceptors (Lipinski definition) is 5. The highest BCUT2D eigenvalue weighted by Gasteiger charge is 2.19. The summed E-state index contributed by atoms with van der Waals surface area (Å²) >= 11 is 0. The molecule has 1 fully saturated rings. The smallest absolute Gasteiger partial charge is 0.127 e. The molecular weight excluding hydrogens is 316 g/mol. The largest absolute Gasteiger partial charge is 0.492 e. The minimum absolute atomic E-state index is 0.0361. The third kappa shape index (κ3) is 4.52. The summed E-state index contributed by atoms with van der Waals surface area (Å²) < 4.78 is 13.1. The Morgan fingerprint density at radius 1 is 1.20 bits per heavy atom. The maximum absolute atomic E-state index is 6.16. The number of anilines is 1. The van der Waals surface area contributed by atoms with Gasteiger partial charge in [-0.1, -0.05) is 26.8 Å². The fourth-order valence-electron chi connectivity index (χ4n) is 2.79. The molecule has 1 aliphatic heterocycles. The minimum Gasteiger partial charge on any atom is -0.492 e. The van der Waals surface area contributed by atoms with Gasteiger partial charge in [0.2, 0.25) is 0 Å². The van der Waals surface area contributed by atoms with Crippen molar-refractivity contribution in [1.82, 2.24) is 14.7 Å². The van der Waals surface area contributed by atoms with Gasteiger partial charge >= 0.3 is 0 Å². The van der Waals surface area contributed by atoms with Crippen molar-refractivity contribution in [3.63, 3.8) is 0 Å². The molecule has 0 amide bonds.